The van der Waals surface area contributed by atoms with Gasteiger partial charge in [0.05, 0.1) is 0 Å². The van der Waals surface area contributed by atoms with Crippen LogP contribution in [0.5, 0.6) is 0 Å². The molecule has 146 valence electrons. The highest BCUT2D eigenvalue weighted by molar-refractivity contribution is 5.79. The number of benzene rings is 1. The van der Waals surface area contributed by atoms with Gasteiger partial charge in [0, 0.05) is 51.7 Å². The van der Waals surface area contributed by atoms with Crippen LogP contribution in [0.2, 0.25) is 0 Å². The predicted molar refractivity (Wildman–Crippen MR) is 107 cm³/mol. The van der Waals surface area contributed by atoms with E-state index < -0.39 is 0 Å². The van der Waals surface area contributed by atoms with Crippen LogP contribution < -0.4 is 10.6 Å². The van der Waals surface area contributed by atoms with Gasteiger partial charge in [0.15, 0.2) is 5.96 Å². The molecular formula is C20H30N6O. The Morgan fingerprint density at radius 3 is 2.70 bits per heavy atom. The van der Waals surface area contributed by atoms with Crippen molar-refractivity contribution in [3.8, 4) is 0 Å². The number of nitrogens with one attached hydrogen (secondary N) is 2. The standard InChI is InChI=1S/C20H30N6O/c1-3-18-25-24-16-26(18)12-11-22-19(21-2)23-15-20(9-13-27-14-10-20)17-7-5-4-6-8-17/h4-8,16H,3,9-15H2,1-2H3,(H2,21,22,23). The van der Waals surface area contributed by atoms with E-state index in [0.717, 1.165) is 63.9 Å². The summed E-state index contributed by atoms with van der Waals surface area (Å²) in [7, 11) is 1.81. The zero-order valence-corrected chi connectivity index (χ0v) is 16.3. The molecule has 1 saturated heterocycles. The molecule has 1 fully saturated rings. The molecule has 2 N–H and O–H groups in total. The number of aromatic nitrogens is 3. The topological polar surface area (TPSA) is 76.4 Å². The molecule has 1 aliphatic heterocycles. The Kier molecular flexibility index (Phi) is 6.81. The lowest BCUT2D eigenvalue weighted by Gasteiger charge is -2.38. The number of hydrogen-bond acceptors (Lipinski definition) is 4. The zero-order valence-electron chi connectivity index (χ0n) is 16.3. The second-order valence-corrected chi connectivity index (χ2v) is 6.91. The number of rotatable bonds is 7. The van der Waals surface area contributed by atoms with Gasteiger partial charge in [-0.3, -0.25) is 4.99 Å². The third kappa shape index (κ3) is 4.86. The van der Waals surface area contributed by atoms with E-state index >= 15 is 0 Å². The fraction of sp³-hybridized carbons (Fsp3) is 0.550. The SMILES string of the molecule is CCc1nncn1CCNC(=NC)NCC1(c2ccccc2)CCOCC1. The van der Waals surface area contributed by atoms with Gasteiger partial charge in [-0.15, -0.1) is 10.2 Å². The van der Waals surface area contributed by atoms with Crippen LogP contribution in [0.4, 0.5) is 0 Å². The first-order chi connectivity index (χ1) is 13.3. The van der Waals surface area contributed by atoms with Crippen molar-refractivity contribution >= 4 is 5.96 Å². The van der Waals surface area contributed by atoms with Crippen molar-refractivity contribution in [3.63, 3.8) is 0 Å². The number of guanidine groups is 1. The molecule has 0 unspecified atom stereocenters. The van der Waals surface area contributed by atoms with E-state index in [1.165, 1.54) is 5.56 Å². The average Bonchev–Trinajstić information content (AvgIpc) is 3.19. The number of ether oxygens (including phenoxy) is 1. The molecular weight excluding hydrogens is 340 g/mol. The van der Waals surface area contributed by atoms with E-state index in [1.807, 2.05) is 7.05 Å². The van der Waals surface area contributed by atoms with Crippen molar-refractivity contribution in [2.75, 3.05) is 33.4 Å². The molecule has 2 aromatic rings. The predicted octanol–water partition coefficient (Wildman–Crippen LogP) is 1.75. The Morgan fingerprint density at radius 2 is 2.00 bits per heavy atom. The molecule has 7 heteroatoms. The molecule has 0 amide bonds. The Bertz CT molecular complexity index is 721. The van der Waals surface area contributed by atoms with Crippen LogP contribution in [0.25, 0.3) is 0 Å². The lowest BCUT2D eigenvalue weighted by atomic mass is 9.74. The minimum Gasteiger partial charge on any atom is -0.381 e. The third-order valence-electron chi connectivity index (χ3n) is 5.31. The molecule has 1 aromatic carbocycles. The van der Waals surface area contributed by atoms with E-state index in [9.17, 15) is 0 Å². The van der Waals surface area contributed by atoms with Crippen LogP contribution in [0.3, 0.4) is 0 Å². The van der Waals surface area contributed by atoms with Crippen LogP contribution >= 0.6 is 0 Å². The molecule has 0 radical (unpaired) electrons. The molecule has 1 aromatic heterocycles. The maximum atomic E-state index is 5.62. The van der Waals surface area contributed by atoms with Crippen molar-refractivity contribution in [1.29, 1.82) is 0 Å². The van der Waals surface area contributed by atoms with Crippen molar-refractivity contribution in [2.24, 2.45) is 4.99 Å². The summed E-state index contributed by atoms with van der Waals surface area (Å²) in [4.78, 5) is 4.38. The molecule has 0 aliphatic carbocycles. The van der Waals surface area contributed by atoms with Gasteiger partial charge in [0.1, 0.15) is 12.2 Å². The van der Waals surface area contributed by atoms with E-state index in [-0.39, 0.29) is 5.41 Å². The van der Waals surface area contributed by atoms with Crippen LogP contribution in [0.15, 0.2) is 41.7 Å². The molecule has 3 rings (SSSR count). The molecule has 0 saturated carbocycles. The molecule has 0 spiro atoms. The second kappa shape index (κ2) is 9.50. The molecule has 1 aliphatic rings. The van der Waals surface area contributed by atoms with Gasteiger partial charge in [-0.1, -0.05) is 37.3 Å². The van der Waals surface area contributed by atoms with E-state index in [4.69, 9.17) is 4.74 Å². The number of aryl methyl sites for hydroxylation is 1. The van der Waals surface area contributed by atoms with Gasteiger partial charge in [0.25, 0.3) is 0 Å². The minimum absolute atomic E-state index is 0.0841. The molecule has 0 bridgehead atoms. The summed E-state index contributed by atoms with van der Waals surface area (Å²) in [6.45, 7) is 6.12. The number of aliphatic imine (C=N–C) groups is 1. The monoisotopic (exact) mass is 370 g/mol. The number of hydrogen-bond donors (Lipinski definition) is 2. The van der Waals surface area contributed by atoms with Crippen LogP contribution in [-0.4, -0.2) is 54.1 Å². The van der Waals surface area contributed by atoms with Gasteiger partial charge >= 0.3 is 0 Å². The van der Waals surface area contributed by atoms with Gasteiger partial charge in [0.2, 0.25) is 0 Å². The summed E-state index contributed by atoms with van der Waals surface area (Å²) in [6.07, 6.45) is 4.70. The molecule has 27 heavy (non-hydrogen) atoms. The highest BCUT2D eigenvalue weighted by atomic mass is 16.5. The average molecular weight is 371 g/mol. The Morgan fingerprint density at radius 1 is 1.22 bits per heavy atom. The summed E-state index contributed by atoms with van der Waals surface area (Å²) in [5.74, 6) is 1.83. The van der Waals surface area contributed by atoms with Gasteiger partial charge in [-0.25, -0.2) is 0 Å². The van der Waals surface area contributed by atoms with Gasteiger partial charge in [-0.2, -0.15) is 0 Å². The first-order valence-corrected chi connectivity index (χ1v) is 9.72. The lowest BCUT2D eigenvalue weighted by molar-refractivity contribution is 0.0514. The smallest absolute Gasteiger partial charge is 0.191 e. The summed E-state index contributed by atoms with van der Waals surface area (Å²) in [5.41, 5.74) is 1.45. The first kappa shape index (κ1) is 19.4. The molecule has 2 heterocycles. The van der Waals surface area contributed by atoms with E-state index in [1.54, 1.807) is 6.33 Å². The maximum Gasteiger partial charge on any atom is 0.191 e. The Balaban J connectivity index is 1.57. The lowest BCUT2D eigenvalue weighted by Crippen LogP contribution is -2.48. The summed E-state index contributed by atoms with van der Waals surface area (Å²) < 4.78 is 7.69. The van der Waals surface area contributed by atoms with Crippen molar-refractivity contribution < 1.29 is 4.74 Å². The minimum atomic E-state index is 0.0841. The van der Waals surface area contributed by atoms with Crippen molar-refractivity contribution in [1.82, 2.24) is 25.4 Å². The van der Waals surface area contributed by atoms with E-state index in [2.05, 4.69) is 67.6 Å². The van der Waals surface area contributed by atoms with Crippen molar-refractivity contribution in [2.45, 2.75) is 38.1 Å². The molecule has 0 atom stereocenters. The zero-order chi connectivity index (χ0) is 19.0. The van der Waals surface area contributed by atoms with Crippen LogP contribution in [-0.2, 0) is 23.1 Å². The van der Waals surface area contributed by atoms with Gasteiger partial charge in [-0.05, 0) is 18.4 Å². The fourth-order valence-electron chi connectivity index (χ4n) is 3.63. The molecule has 7 nitrogen and oxygen atoms in total. The van der Waals surface area contributed by atoms with E-state index in [0.29, 0.717) is 0 Å². The largest absolute Gasteiger partial charge is 0.381 e. The number of nitrogens with zero attached hydrogens (tertiary/aromatic N) is 4. The maximum absolute atomic E-state index is 5.62. The van der Waals surface area contributed by atoms with Gasteiger partial charge < -0.3 is 19.9 Å². The van der Waals surface area contributed by atoms with Crippen LogP contribution in [0.1, 0.15) is 31.2 Å². The first-order valence-electron chi connectivity index (χ1n) is 9.72. The summed E-state index contributed by atoms with van der Waals surface area (Å²) >= 11 is 0. The highest BCUT2D eigenvalue weighted by Crippen LogP contribution is 2.34. The normalized spacial score (nSPS) is 16.9. The third-order valence-corrected chi connectivity index (χ3v) is 5.31. The quantitative estimate of drug-likeness (QED) is 0.574. The Labute approximate surface area is 161 Å². The fourth-order valence-corrected chi connectivity index (χ4v) is 3.63. The second-order valence-electron chi connectivity index (χ2n) is 6.91. The highest BCUT2D eigenvalue weighted by Gasteiger charge is 2.34. The van der Waals surface area contributed by atoms with Crippen molar-refractivity contribution in [3.05, 3.63) is 48.0 Å². The Hall–Kier alpha value is -2.41. The summed E-state index contributed by atoms with van der Waals surface area (Å²) in [6, 6.07) is 10.7. The van der Waals surface area contributed by atoms with Crippen LogP contribution in [0, 0.1) is 0 Å². The summed E-state index contributed by atoms with van der Waals surface area (Å²) in [5, 5.41) is 15.0.